The Kier molecular flexibility index (Phi) is 3.05. The third-order valence-electron chi connectivity index (χ3n) is 2.52. The quantitative estimate of drug-likeness (QED) is 0.695. The Hall–Kier alpha value is -1.62. The first kappa shape index (κ1) is 10.9. The Morgan fingerprint density at radius 3 is 2.44 bits per heavy atom. The Morgan fingerprint density at radius 2 is 1.94 bits per heavy atom. The number of carbonyl (C=O) groups excluding carboxylic acids is 1. The SMILES string of the molecule is COC(=O)NC(=S)N1Cc2ccccc2C1. The predicted molar refractivity (Wildman–Crippen MR) is 63.8 cm³/mol. The van der Waals surface area contributed by atoms with E-state index in [0.29, 0.717) is 5.11 Å². The molecule has 1 aliphatic heterocycles. The molecule has 1 heterocycles. The molecule has 0 aromatic heterocycles. The Labute approximate surface area is 99.2 Å². The number of hydrogen-bond acceptors (Lipinski definition) is 3. The number of nitrogens with one attached hydrogen (secondary N) is 1. The van der Waals surface area contributed by atoms with Crippen molar-refractivity contribution in [2.45, 2.75) is 13.1 Å². The highest BCUT2D eigenvalue weighted by molar-refractivity contribution is 7.80. The van der Waals surface area contributed by atoms with Gasteiger partial charge in [0.05, 0.1) is 7.11 Å². The molecular weight excluding hydrogens is 224 g/mol. The number of carbonyl (C=O) groups is 1. The maximum Gasteiger partial charge on any atom is 0.413 e. The van der Waals surface area contributed by atoms with Gasteiger partial charge in [-0.25, -0.2) is 4.79 Å². The molecule has 0 saturated heterocycles. The average molecular weight is 236 g/mol. The van der Waals surface area contributed by atoms with Crippen molar-refractivity contribution in [1.82, 2.24) is 10.2 Å². The van der Waals surface area contributed by atoms with Crippen molar-refractivity contribution in [3.63, 3.8) is 0 Å². The van der Waals surface area contributed by atoms with Crippen molar-refractivity contribution in [2.75, 3.05) is 7.11 Å². The fourth-order valence-corrected chi connectivity index (χ4v) is 1.91. The molecule has 0 atom stereocenters. The molecule has 84 valence electrons. The summed E-state index contributed by atoms with van der Waals surface area (Å²) in [7, 11) is 1.32. The minimum atomic E-state index is -0.527. The number of benzene rings is 1. The molecule has 16 heavy (non-hydrogen) atoms. The van der Waals surface area contributed by atoms with Crippen LogP contribution in [0.3, 0.4) is 0 Å². The van der Waals surface area contributed by atoms with Crippen LogP contribution in [-0.2, 0) is 17.8 Å². The zero-order chi connectivity index (χ0) is 11.5. The first-order chi connectivity index (χ1) is 7.70. The summed E-state index contributed by atoms with van der Waals surface area (Å²) in [6.07, 6.45) is -0.527. The maximum absolute atomic E-state index is 11.0. The van der Waals surface area contributed by atoms with E-state index in [1.807, 2.05) is 17.0 Å². The zero-order valence-electron chi connectivity index (χ0n) is 8.90. The number of fused-ring (bicyclic) bond motifs is 1. The summed E-state index contributed by atoms with van der Waals surface area (Å²) >= 11 is 5.12. The summed E-state index contributed by atoms with van der Waals surface area (Å²) < 4.78 is 4.49. The third-order valence-corrected chi connectivity index (χ3v) is 2.88. The second-order valence-corrected chi connectivity index (χ2v) is 3.93. The fraction of sp³-hybridized carbons (Fsp3) is 0.273. The van der Waals surface area contributed by atoms with Crippen LogP contribution in [0.15, 0.2) is 24.3 Å². The molecule has 1 amide bonds. The molecule has 0 bridgehead atoms. The van der Waals surface area contributed by atoms with Gasteiger partial charge in [0.1, 0.15) is 0 Å². The van der Waals surface area contributed by atoms with E-state index in [4.69, 9.17) is 12.2 Å². The van der Waals surface area contributed by atoms with Crippen LogP contribution in [-0.4, -0.2) is 23.2 Å². The minimum Gasteiger partial charge on any atom is -0.453 e. The summed E-state index contributed by atoms with van der Waals surface area (Å²) in [5, 5.41) is 2.91. The van der Waals surface area contributed by atoms with Gasteiger partial charge in [-0.15, -0.1) is 0 Å². The van der Waals surface area contributed by atoms with Gasteiger partial charge in [0.25, 0.3) is 0 Å². The minimum absolute atomic E-state index is 0.406. The van der Waals surface area contributed by atoms with Crippen LogP contribution in [0.4, 0.5) is 4.79 Å². The molecule has 0 spiro atoms. The second-order valence-electron chi connectivity index (χ2n) is 3.55. The highest BCUT2D eigenvalue weighted by Gasteiger charge is 2.21. The largest absolute Gasteiger partial charge is 0.453 e. The lowest BCUT2D eigenvalue weighted by atomic mass is 10.1. The monoisotopic (exact) mass is 236 g/mol. The van der Waals surface area contributed by atoms with Gasteiger partial charge in [-0.3, -0.25) is 5.32 Å². The van der Waals surface area contributed by atoms with Crippen molar-refractivity contribution in [1.29, 1.82) is 0 Å². The number of thiocarbonyl (C=S) groups is 1. The molecule has 0 unspecified atom stereocenters. The van der Waals surface area contributed by atoms with E-state index in [9.17, 15) is 4.79 Å². The maximum atomic E-state index is 11.0. The number of ether oxygens (including phenoxy) is 1. The van der Waals surface area contributed by atoms with Gasteiger partial charge in [0.15, 0.2) is 5.11 Å². The molecule has 1 aromatic carbocycles. The second kappa shape index (κ2) is 4.49. The van der Waals surface area contributed by atoms with E-state index in [2.05, 4.69) is 22.2 Å². The van der Waals surface area contributed by atoms with Gasteiger partial charge in [0.2, 0.25) is 0 Å². The summed E-state index contributed by atoms with van der Waals surface area (Å²) in [5.74, 6) is 0. The van der Waals surface area contributed by atoms with E-state index in [1.54, 1.807) is 0 Å². The Balaban J connectivity index is 2.01. The van der Waals surface area contributed by atoms with Crippen LogP contribution in [0.1, 0.15) is 11.1 Å². The summed E-state index contributed by atoms with van der Waals surface area (Å²) in [6, 6.07) is 8.13. The van der Waals surface area contributed by atoms with Crippen LogP contribution in [0.5, 0.6) is 0 Å². The summed E-state index contributed by atoms with van der Waals surface area (Å²) in [5.41, 5.74) is 2.49. The topological polar surface area (TPSA) is 41.6 Å². The normalized spacial score (nSPS) is 13.2. The highest BCUT2D eigenvalue weighted by atomic mass is 32.1. The highest BCUT2D eigenvalue weighted by Crippen LogP contribution is 2.21. The first-order valence-electron chi connectivity index (χ1n) is 4.91. The van der Waals surface area contributed by atoms with Crippen molar-refractivity contribution < 1.29 is 9.53 Å². The fourth-order valence-electron chi connectivity index (χ4n) is 1.69. The lowest BCUT2D eigenvalue weighted by Crippen LogP contribution is -2.39. The van der Waals surface area contributed by atoms with E-state index >= 15 is 0 Å². The Morgan fingerprint density at radius 1 is 1.38 bits per heavy atom. The third kappa shape index (κ3) is 2.14. The van der Waals surface area contributed by atoms with E-state index in [0.717, 1.165) is 13.1 Å². The number of methoxy groups -OCH3 is 1. The number of rotatable bonds is 0. The smallest absolute Gasteiger partial charge is 0.413 e. The molecule has 1 N–H and O–H groups in total. The average Bonchev–Trinajstić information content (AvgIpc) is 2.72. The van der Waals surface area contributed by atoms with Gasteiger partial charge >= 0.3 is 6.09 Å². The predicted octanol–water partition coefficient (Wildman–Crippen LogP) is 1.64. The van der Waals surface area contributed by atoms with E-state index < -0.39 is 6.09 Å². The van der Waals surface area contributed by atoms with Crippen LogP contribution in [0.2, 0.25) is 0 Å². The van der Waals surface area contributed by atoms with E-state index in [-0.39, 0.29) is 0 Å². The van der Waals surface area contributed by atoms with E-state index in [1.165, 1.54) is 18.2 Å². The van der Waals surface area contributed by atoms with Gasteiger partial charge in [-0.1, -0.05) is 24.3 Å². The lowest BCUT2D eigenvalue weighted by molar-refractivity contribution is 0.175. The number of nitrogens with zero attached hydrogens (tertiary/aromatic N) is 1. The molecule has 2 rings (SSSR count). The van der Waals surface area contributed by atoms with Gasteiger partial charge in [0, 0.05) is 13.1 Å². The van der Waals surface area contributed by atoms with Crippen molar-refractivity contribution in [3.8, 4) is 0 Å². The van der Waals surface area contributed by atoms with Crippen LogP contribution in [0, 0.1) is 0 Å². The molecule has 5 heteroatoms. The molecule has 0 aliphatic carbocycles. The van der Waals surface area contributed by atoms with Gasteiger partial charge < -0.3 is 9.64 Å². The van der Waals surface area contributed by atoms with Gasteiger partial charge in [-0.2, -0.15) is 0 Å². The lowest BCUT2D eigenvalue weighted by Gasteiger charge is -2.18. The van der Waals surface area contributed by atoms with Crippen molar-refractivity contribution in [3.05, 3.63) is 35.4 Å². The van der Waals surface area contributed by atoms with Gasteiger partial charge in [-0.05, 0) is 23.3 Å². The van der Waals surface area contributed by atoms with Crippen molar-refractivity contribution >= 4 is 23.4 Å². The molecule has 4 nitrogen and oxygen atoms in total. The Bertz CT molecular complexity index is 409. The molecule has 0 radical (unpaired) electrons. The molecular formula is C11H12N2O2S. The van der Waals surface area contributed by atoms with Crippen LogP contribution in [0.25, 0.3) is 0 Å². The van der Waals surface area contributed by atoms with Crippen LogP contribution >= 0.6 is 12.2 Å². The molecule has 1 aliphatic rings. The number of hydrogen-bond donors (Lipinski definition) is 1. The molecule has 0 saturated carbocycles. The zero-order valence-corrected chi connectivity index (χ0v) is 9.71. The van der Waals surface area contributed by atoms with Crippen LogP contribution < -0.4 is 5.32 Å². The summed E-state index contributed by atoms with van der Waals surface area (Å²) in [4.78, 5) is 12.9. The van der Waals surface area contributed by atoms with Crippen molar-refractivity contribution in [2.24, 2.45) is 0 Å². The first-order valence-corrected chi connectivity index (χ1v) is 5.32. The number of alkyl carbamates (subject to hydrolysis) is 1. The number of amides is 1. The molecule has 1 aromatic rings. The molecule has 0 fully saturated rings. The standard InChI is InChI=1S/C11H12N2O2S/c1-15-11(14)12-10(16)13-6-8-4-2-3-5-9(8)7-13/h2-5H,6-7H2,1H3,(H,12,14,16). The summed E-state index contributed by atoms with van der Waals surface area (Å²) in [6.45, 7) is 1.47.